The summed E-state index contributed by atoms with van der Waals surface area (Å²) < 4.78 is 2.02. The molecule has 0 spiro atoms. The zero-order valence-electron chi connectivity index (χ0n) is 11.5. The summed E-state index contributed by atoms with van der Waals surface area (Å²) in [5, 5.41) is 5.00. The van der Waals surface area contributed by atoms with Gasteiger partial charge in [0.05, 0.1) is 5.69 Å². The van der Waals surface area contributed by atoms with Crippen molar-refractivity contribution in [2.75, 3.05) is 5.32 Å². The number of carbonyl (C=O) groups excluding carboxylic acids is 1. The van der Waals surface area contributed by atoms with Crippen molar-refractivity contribution in [1.82, 2.24) is 9.38 Å². The van der Waals surface area contributed by atoms with Crippen molar-refractivity contribution in [3.05, 3.63) is 42.0 Å². The molecule has 21 heavy (non-hydrogen) atoms. The highest BCUT2D eigenvalue weighted by molar-refractivity contribution is 7.15. The van der Waals surface area contributed by atoms with Crippen LogP contribution in [0.15, 0.2) is 42.0 Å². The summed E-state index contributed by atoms with van der Waals surface area (Å²) in [6.07, 6.45) is 7.25. The molecule has 1 amide bonds. The van der Waals surface area contributed by atoms with Crippen LogP contribution in [-0.4, -0.2) is 15.3 Å². The summed E-state index contributed by atoms with van der Waals surface area (Å²) in [6, 6.07) is 7.89. The number of anilines is 1. The van der Waals surface area contributed by atoms with Crippen molar-refractivity contribution in [3.8, 4) is 11.3 Å². The van der Waals surface area contributed by atoms with E-state index < -0.39 is 0 Å². The molecule has 5 heteroatoms. The van der Waals surface area contributed by atoms with E-state index in [9.17, 15) is 4.79 Å². The summed E-state index contributed by atoms with van der Waals surface area (Å²) in [7, 11) is 0. The Morgan fingerprint density at radius 3 is 2.76 bits per heavy atom. The lowest BCUT2D eigenvalue weighted by Gasteiger charge is -2.24. The van der Waals surface area contributed by atoms with Crippen LogP contribution >= 0.6 is 11.3 Å². The van der Waals surface area contributed by atoms with Gasteiger partial charge in [0.1, 0.15) is 0 Å². The number of hydrogen-bond acceptors (Lipinski definition) is 3. The second-order valence-electron chi connectivity index (χ2n) is 5.41. The average Bonchev–Trinajstić information content (AvgIpc) is 2.98. The third-order valence-electron chi connectivity index (χ3n) is 4.02. The maximum absolute atomic E-state index is 11.9. The minimum Gasteiger partial charge on any atom is -0.326 e. The first-order valence-corrected chi connectivity index (χ1v) is 8.01. The Kier molecular flexibility index (Phi) is 3.00. The molecule has 0 unspecified atom stereocenters. The van der Waals surface area contributed by atoms with E-state index in [4.69, 9.17) is 0 Å². The van der Waals surface area contributed by atoms with Crippen LogP contribution in [0.3, 0.4) is 0 Å². The Labute approximate surface area is 126 Å². The first-order chi connectivity index (χ1) is 10.3. The highest BCUT2D eigenvalue weighted by atomic mass is 32.1. The van der Waals surface area contributed by atoms with E-state index in [1.807, 2.05) is 46.4 Å². The van der Waals surface area contributed by atoms with Crippen LogP contribution in [0.4, 0.5) is 5.69 Å². The van der Waals surface area contributed by atoms with Crippen LogP contribution < -0.4 is 5.32 Å². The van der Waals surface area contributed by atoms with E-state index in [2.05, 4.69) is 10.3 Å². The summed E-state index contributed by atoms with van der Waals surface area (Å²) in [5.74, 6) is 0.362. The molecule has 0 bridgehead atoms. The molecule has 1 aliphatic carbocycles. The SMILES string of the molecule is O=C(Nc1ccc(-c2cn3ccsc3n2)cc1)C1CCC1. The molecule has 1 N–H and O–H groups in total. The third kappa shape index (κ3) is 2.34. The summed E-state index contributed by atoms with van der Waals surface area (Å²) in [4.78, 5) is 17.5. The standard InChI is InChI=1S/C16H15N3OS/c20-15(12-2-1-3-12)17-13-6-4-11(5-7-13)14-10-19-8-9-21-16(19)18-14/h4-10,12H,1-3H2,(H,17,20). The van der Waals surface area contributed by atoms with Gasteiger partial charge in [-0.2, -0.15) is 0 Å². The fourth-order valence-corrected chi connectivity index (χ4v) is 3.21. The van der Waals surface area contributed by atoms with Gasteiger partial charge in [-0.05, 0) is 25.0 Å². The van der Waals surface area contributed by atoms with Gasteiger partial charge in [0.25, 0.3) is 0 Å². The summed E-state index contributed by atoms with van der Waals surface area (Å²) in [5.41, 5.74) is 2.88. The number of hydrogen-bond donors (Lipinski definition) is 1. The monoisotopic (exact) mass is 297 g/mol. The molecule has 1 saturated carbocycles. The lowest BCUT2D eigenvalue weighted by atomic mass is 9.85. The van der Waals surface area contributed by atoms with Gasteiger partial charge in [0.15, 0.2) is 4.96 Å². The smallest absolute Gasteiger partial charge is 0.227 e. The topological polar surface area (TPSA) is 46.4 Å². The van der Waals surface area contributed by atoms with Crippen molar-refractivity contribution in [3.63, 3.8) is 0 Å². The second kappa shape index (κ2) is 5.00. The first kappa shape index (κ1) is 12.6. The zero-order chi connectivity index (χ0) is 14.2. The maximum Gasteiger partial charge on any atom is 0.227 e. The highest BCUT2D eigenvalue weighted by Crippen LogP contribution is 2.28. The van der Waals surface area contributed by atoms with Gasteiger partial charge in [-0.25, -0.2) is 4.98 Å². The molecule has 3 aromatic rings. The highest BCUT2D eigenvalue weighted by Gasteiger charge is 2.25. The number of thiazole rings is 1. The molecule has 1 aromatic carbocycles. The summed E-state index contributed by atoms with van der Waals surface area (Å²) >= 11 is 1.62. The van der Waals surface area contributed by atoms with Crippen molar-refractivity contribution < 1.29 is 4.79 Å². The van der Waals surface area contributed by atoms with Crippen LogP contribution in [0.25, 0.3) is 16.2 Å². The maximum atomic E-state index is 11.9. The van der Waals surface area contributed by atoms with Crippen LogP contribution in [0, 0.1) is 5.92 Å². The van der Waals surface area contributed by atoms with E-state index in [0.717, 1.165) is 34.7 Å². The van der Waals surface area contributed by atoms with Gasteiger partial charge in [-0.3, -0.25) is 9.20 Å². The number of benzene rings is 1. The van der Waals surface area contributed by atoms with E-state index in [0.29, 0.717) is 0 Å². The fraction of sp³-hybridized carbons (Fsp3) is 0.250. The lowest BCUT2D eigenvalue weighted by molar-refractivity contribution is -0.122. The number of carbonyl (C=O) groups is 1. The molecule has 2 aromatic heterocycles. The molecule has 106 valence electrons. The molecular weight excluding hydrogens is 282 g/mol. The Morgan fingerprint density at radius 1 is 1.29 bits per heavy atom. The molecule has 0 atom stereocenters. The van der Waals surface area contributed by atoms with Gasteiger partial charge >= 0.3 is 0 Å². The van der Waals surface area contributed by atoms with Crippen molar-refractivity contribution >= 4 is 27.9 Å². The Morgan fingerprint density at radius 2 is 2.10 bits per heavy atom. The Bertz CT molecular complexity index is 755. The number of amides is 1. The normalized spacial score (nSPS) is 15.0. The van der Waals surface area contributed by atoms with Crippen LogP contribution in [-0.2, 0) is 4.79 Å². The molecule has 2 heterocycles. The molecule has 0 radical (unpaired) electrons. The fourth-order valence-electron chi connectivity index (χ4n) is 2.51. The van der Waals surface area contributed by atoms with Gasteiger partial charge in [0, 0.05) is 34.9 Å². The molecule has 1 aliphatic rings. The molecular formula is C16H15N3OS. The molecule has 0 saturated heterocycles. The van der Waals surface area contributed by atoms with Crippen molar-refractivity contribution in [1.29, 1.82) is 0 Å². The minimum atomic E-state index is 0.150. The molecule has 4 rings (SSSR count). The van der Waals surface area contributed by atoms with Crippen molar-refractivity contribution in [2.45, 2.75) is 19.3 Å². The predicted molar refractivity (Wildman–Crippen MR) is 84.5 cm³/mol. The van der Waals surface area contributed by atoms with Crippen molar-refractivity contribution in [2.24, 2.45) is 5.92 Å². The number of nitrogens with zero attached hydrogens (tertiary/aromatic N) is 2. The lowest BCUT2D eigenvalue weighted by Crippen LogP contribution is -2.27. The van der Waals surface area contributed by atoms with E-state index in [1.165, 1.54) is 6.42 Å². The van der Waals surface area contributed by atoms with Crippen LogP contribution in [0.2, 0.25) is 0 Å². The third-order valence-corrected chi connectivity index (χ3v) is 4.79. The largest absolute Gasteiger partial charge is 0.326 e. The number of nitrogens with one attached hydrogen (secondary N) is 1. The number of aromatic nitrogens is 2. The number of fused-ring (bicyclic) bond motifs is 1. The quantitative estimate of drug-likeness (QED) is 0.799. The predicted octanol–water partition coefficient (Wildman–Crippen LogP) is 3.80. The molecule has 4 nitrogen and oxygen atoms in total. The van der Waals surface area contributed by atoms with E-state index >= 15 is 0 Å². The van der Waals surface area contributed by atoms with Gasteiger partial charge < -0.3 is 5.32 Å². The molecule has 1 fully saturated rings. The van der Waals surface area contributed by atoms with E-state index in [-0.39, 0.29) is 11.8 Å². The van der Waals surface area contributed by atoms with Gasteiger partial charge in [-0.1, -0.05) is 18.6 Å². The zero-order valence-corrected chi connectivity index (χ0v) is 12.3. The van der Waals surface area contributed by atoms with Gasteiger partial charge in [-0.15, -0.1) is 11.3 Å². The van der Waals surface area contributed by atoms with Crippen LogP contribution in [0.5, 0.6) is 0 Å². The number of rotatable bonds is 3. The Hall–Kier alpha value is -2.14. The number of imidazole rings is 1. The van der Waals surface area contributed by atoms with Gasteiger partial charge in [0.2, 0.25) is 5.91 Å². The Balaban J connectivity index is 1.52. The second-order valence-corrected chi connectivity index (χ2v) is 6.29. The first-order valence-electron chi connectivity index (χ1n) is 7.13. The van der Waals surface area contributed by atoms with E-state index in [1.54, 1.807) is 11.3 Å². The average molecular weight is 297 g/mol. The van der Waals surface area contributed by atoms with Crippen LogP contribution in [0.1, 0.15) is 19.3 Å². The summed E-state index contributed by atoms with van der Waals surface area (Å²) in [6.45, 7) is 0. The minimum absolute atomic E-state index is 0.150. The molecule has 0 aliphatic heterocycles.